The SMILES string of the molecule is CC(C)(O)C(C)(C)OBc1cc(C(=O)O)ccc1Cl. The van der Waals surface area contributed by atoms with Crippen LogP contribution in [0.15, 0.2) is 18.2 Å². The fourth-order valence-corrected chi connectivity index (χ4v) is 1.43. The lowest BCUT2D eigenvalue weighted by atomic mass is 9.82. The predicted molar refractivity (Wildman–Crippen MR) is 76.7 cm³/mol. The molecule has 0 saturated heterocycles. The van der Waals surface area contributed by atoms with Crippen LogP contribution in [0, 0.1) is 0 Å². The largest absolute Gasteiger partial charge is 0.478 e. The van der Waals surface area contributed by atoms with Crippen LogP contribution in [0.1, 0.15) is 38.1 Å². The Morgan fingerprint density at radius 1 is 1.32 bits per heavy atom. The van der Waals surface area contributed by atoms with E-state index in [1.807, 2.05) is 0 Å². The second-order valence-electron chi connectivity index (χ2n) is 5.47. The molecule has 4 nitrogen and oxygen atoms in total. The molecule has 0 bridgehead atoms. The van der Waals surface area contributed by atoms with Gasteiger partial charge in [-0.1, -0.05) is 11.6 Å². The zero-order chi connectivity index (χ0) is 14.8. The maximum atomic E-state index is 10.9. The Morgan fingerprint density at radius 3 is 2.37 bits per heavy atom. The first-order chi connectivity index (χ1) is 8.54. The predicted octanol–water partition coefficient (Wildman–Crippen LogP) is 1.58. The molecular weight excluding hydrogens is 266 g/mol. The third kappa shape index (κ3) is 3.96. The summed E-state index contributed by atoms with van der Waals surface area (Å²) in [5, 5.41) is 19.4. The zero-order valence-electron chi connectivity index (χ0n) is 11.5. The molecule has 0 aromatic heterocycles. The first kappa shape index (κ1) is 16.0. The first-order valence-electron chi connectivity index (χ1n) is 5.92. The molecular formula is C13H18BClO4. The van der Waals surface area contributed by atoms with Crippen LogP contribution in [0.3, 0.4) is 0 Å². The first-order valence-corrected chi connectivity index (χ1v) is 6.30. The Labute approximate surface area is 118 Å². The number of aromatic carboxylic acids is 1. The van der Waals surface area contributed by atoms with E-state index < -0.39 is 17.2 Å². The second-order valence-corrected chi connectivity index (χ2v) is 5.88. The molecule has 19 heavy (non-hydrogen) atoms. The van der Waals surface area contributed by atoms with E-state index >= 15 is 0 Å². The molecule has 0 unspecified atom stereocenters. The molecule has 1 aromatic rings. The Hall–Kier alpha value is -1.04. The van der Waals surface area contributed by atoms with Crippen molar-refractivity contribution in [2.45, 2.75) is 38.9 Å². The minimum atomic E-state index is -1.02. The zero-order valence-corrected chi connectivity index (χ0v) is 12.3. The van der Waals surface area contributed by atoms with E-state index in [0.29, 0.717) is 10.5 Å². The summed E-state index contributed by atoms with van der Waals surface area (Å²) in [6, 6.07) is 4.45. The van der Waals surface area contributed by atoms with Crippen LogP contribution in [-0.2, 0) is 4.65 Å². The molecule has 0 heterocycles. The Kier molecular flexibility index (Phi) is 4.66. The molecule has 6 heteroatoms. The monoisotopic (exact) mass is 284 g/mol. The van der Waals surface area contributed by atoms with Gasteiger partial charge in [0.2, 0.25) is 0 Å². The lowest BCUT2D eigenvalue weighted by Gasteiger charge is -2.37. The number of benzene rings is 1. The summed E-state index contributed by atoms with van der Waals surface area (Å²) >= 11 is 6.01. The van der Waals surface area contributed by atoms with Crippen molar-refractivity contribution in [3.63, 3.8) is 0 Å². The molecule has 1 rings (SSSR count). The molecule has 0 fully saturated rings. The summed E-state index contributed by atoms with van der Waals surface area (Å²) in [4.78, 5) is 10.9. The summed E-state index contributed by atoms with van der Waals surface area (Å²) in [5.41, 5.74) is -1.07. The number of hydrogen-bond acceptors (Lipinski definition) is 3. The van der Waals surface area contributed by atoms with Gasteiger partial charge < -0.3 is 14.9 Å². The number of halogens is 1. The number of carboxylic acid groups (broad SMARTS) is 1. The van der Waals surface area contributed by atoms with E-state index in [0.717, 1.165) is 0 Å². The van der Waals surface area contributed by atoms with Crippen LogP contribution >= 0.6 is 11.6 Å². The number of aliphatic hydroxyl groups is 1. The highest BCUT2D eigenvalue weighted by molar-refractivity contribution is 6.53. The van der Waals surface area contributed by atoms with Gasteiger partial charge in [-0.05, 0) is 51.4 Å². The molecule has 0 radical (unpaired) electrons. The van der Waals surface area contributed by atoms with Crippen LogP contribution in [0.5, 0.6) is 0 Å². The summed E-state index contributed by atoms with van der Waals surface area (Å²) in [7, 11) is 0.136. The van der Waals surface area contributed by atoms with Gasteiger partial charge >= 0.3 is 13.5 Å². The maximum Gasteiger partial charge on any atom is 0.335 e. The molecule has 0 amide bonds. The third-order valence-electron chi connectivity index (χ3n) is 3.35. The number of carbonyl (C=O) groups is 1. The van der Waals surface area contributed by atoms with Gasteiger partial charge in [0.15, 0.2) is 0 Å². The summed E-state index contributed by atoms with van der Waals surface area (Å²) in [5.74, 6) is -1.01. The van der Waals surface area contributed by atoms with E-state index in [1.54, 1.807) is 27.7 Å². The fourth-order valence-electron chi connectivity index (χ4n) is 1.25. The van der Waals surface area contributed by atoms with E-state index in [-0.39, 0.29) is 13.0 Å². The van der Waals surface area contributed by atoms with Gasteiger partial charge in [-0.2, -0.15) is 0 Å². The molecule has 2 N–H and O–H groups in total. The molecule has 0 saturated carbocycles. The van der Waals surface area contributed by atoms with Gasteiger partial charge in [-0.25, -0.2) is 4.79 Å². The van der Waals surface area contributed by atoms with Gasteiger partial charge in [0, 0.05) is 5.02 Å². The van der Waals surface area contributed by atoms with Crippen molar-refractivity contribution in [3.8, 4) is 0 Å². The lowest BCUT2D eigenvalue weighted by molar-refractivity contribution is -0.0893. The van der Waals surface area contributed by atoms with Gasteiger partial charge in [-0.3, -0.25) is 0 Å². The minimum Gasteiger partial charge on any atom is -0.478 e. The van der Waals surface area contributed by atoms with Crippen molar-refractivity contribution < 1.29 is 19.7 Å². The van der Waals surface area contributed by atoms with Crippen molar-refractivity contribution in [3.05, 3.63) is 28.8 Å². The molecule has 0 spiro atoms. The smallest absolute Gasteiger partial charge is 0.335 e. The quantitative estimate of drug-likeness (QED) is 0.806. The van der Waals surface area contributed by atoms with Crippen molar-refractivity contribution in [2.24, 2.45) is 0 Å². The number of hydrogen-bond donors (Lipinski definition) is 2. The van der Waals surface area contributed by atoms with E-state index in [4.69, 9.17) is 21.4 Å². The average Bonchev–Trinajstić information content (AvgIpc) is 2.26. The third-order valence-corrected chi connectivity index (χ3v) is 3.72. The Morgan fingerprint density at radius 2 is 1.89 bits per heavy atom. The standard InChI is InChI=1S/C13H18BClO4/c1-12(2,18)13(3,4)19-14-9-7-8(11(16)17)5-6-10(9)15/h5-7,14,18H,1-4H3,(H,16,17). The molecule has 0 atom stereocenters. The van der Waals surface area contributed by atoms with Crippen molar-refractivity contribution >= 4 is 30.5 Å². The second kappa shape index (κ2) is 5.53. The van der Waals surface area contributed by atoms with Crippen LogP contribution < -0.4 is 5.46 Å². The Bertz CT molecular complexity index is 480. The van der Waals surface area contributed by atoms with Gasteiger partial charge in [0.25, 0.3) is 0 Å². The summed E-state index contributed by atoms with van der Waals surface area (Å²) in [6.07, 6.45) is 0. The minimum absolute atomic E-state index is 0.136. The fraction of sp³-hybridized carbons (Fsp3) is 0.462. The summed E-state index contributed by atoms with van der Waals surface area (Å²) < 4.78 is 5.67. The van der Waals surface area contributed by atoms with Crippen molar-refractivity contribution in [1.82, 2.24) is 0 Å². The normalized spacial score (nSPS) is 12.3. The summed E-state index contributed by atoms with van der Waals surface area (Å²) in [6.45, 7) is 6.84. The molecule has 0 aliphatic heterocycles. The number of rotatable bonds is 5. The highest BCUT2D eigenvalue weighted by atomic mass is 35.5. The highest BCUT2D eigenvalue weighted by Gasteiger charge is 2.35. The van der Waals surface area contributed by atoms with Gasteiger partial charge in [0.1, 0.15) is 0 Å². The van der Waals surface area contributed by atoms with Crippen LogP contribution in [0.2, 0.25) is 5.02 Å². The van der Waals surface area contributed by atoms with Crippen molar-refractivity contribution in [2.75, 3.05) is 0 Å². The lowest BCUT2D eigenvalue weighted by Crippen LogP contribution is -2.49. The average molecular weight is 285 g/mol. The molecule has 104 valence electrons. The van der Waals surface area contributed by atoms with Crippen LogP contribution in [0.4, 0.5) is 0 Å². The molecule has 1 aromatic carbocycles. The van der Waals surface area contributed by atoms with E-state index in [2.05, 4.69) is 0 Å². The highest BCUT2D eigenvalue weighted by Crippen LogP contribution is 2.24. The topological polar surface area (TPSA) is 66.8 Å². The van der Waals surface area contributed by atoms with Gasteiger partial charge in [0.05, 0.1) is 16.8 Å². The molecule has 0 aliphatic carbocycles. The van der Waals surface area contributed by atoms with E-state index in [1.165, 1.54) is 18.2 Å². The van der Waals surface area contributed by atoms with Gasteiger partial charge in [-0.15, -0.1) is 0 Å². The van der Waals surface area contributed by atoms with E-state index in [9.17, 15) is 9.90 Å². The maximum absolute atomic E-state index is 10.9. The van der Waals surface area contributed by atoms with Crippen LogP contribution in [-0.4, -0.2) is 34.9 Å². The molecule has 0 aliphatic rings. The van der Waals surface area contributed by atoms with Crippen LogP contribution in [0.25, 0.3) is 0 Å². The van der Waals surface area contributed by atoms with Crippen molar-refractivity contribution in [1.29, 1.82) is 0 Å². The number of carboxylic acids is 1. The Balaban J connectivity index is 2.89.